The highest BCUT2D eigenvalue weighted by Crippen LogP contribution is 2.39. The summed E-state index contributed by atoms with van der Waals surface area (Å²) in [5.74, 6) is 1.45. The van der Waals surface area contributed by atoms with Crippen molar-refractivity contribution in [2.75, 3.05) is 13.1 Å². The molecule has 0 bridgehead atoms. The number of ether oxygens (including phenoxy) is 1. The summed E-state index contributed by atoms with van der Waals surface area (Å²) in [4.78, 5) is 34.1. The summed E-state index contributed by atoms with van der Waals surface area (Å²) >= 11 is 1.60. The molecule has 7 heteroatoms. The lowest BCUT2D eigenvalue weighted by Crippen LogP contribution is -2.57. The van der Waals surface area contributed by atoms with Crippen molar-refractivity contribution in [1.29, 1.82) is 0 Å². The monoisotopic (exact) mass is 425 g/mol. The van der Waals surface area contributed by atoms with E-state index in [1.165, 1.54) is 0 Å². The normalized spacial score (nSPS) is 24.0. The Morgan fingerprint density at radius 1 is 1.27 bits per heavy atom. The number of likely N-dealkylation sites (tertiary alicyclic amines) is 2. The zero-order valence-corrected chi connectivity index (χ0v) is 18.1. The lowest BCUT2D eigenvalue weighted by atomic mass is 9.83. The minimum atomic E-state index is 0.0540. The molecule has 3 heterocycles. The van der Waals surface area contributed by atoms with Crippen LogP contribution in [0.4, 0.5) is 0 Å². The topological polar surface area (TPSA) is 62.7 Å². The average Bonchev–Trinajstić information content (AvgIpc) is 3.51. The van der Waals surface area contributed by atoms with Crippen molar-refractivity contribution in [3.05, 3.63) is 45.9 Å². The summed E-state index contributed by atoms with van der Waals surface area (Å²) in [6.07, 6.45) is 4.69. The van der Waals surface area contributed by atoms with Crippen molar-refractivity contribution < 1.29 is 14.3 Å². The molecular formula is C23H27N3O3S. The van der Waals surface area contributed by atoms with Crippen LogP contribution in [0, 0.1) is 12.8 Å². The van der Waals surface area contributed by atoms with E-state index in [1.54, 1.807) is 11.3 Å². The Hall–Kier alpha value is -2.41. The van der Waals surface area contributed by atoms with Gasteiger partial charge in [-0.05, 0) is 56.7 Å². The van der Waals surface area contributed by atoms with Crippen molar-refractivity contribution in [2.24, 2.45) is 5.92 Å². The number of carbonyl (C=O) groups excluding carboxylic acids is 2. The molecule has 1 aliphatic carbocycles. The van der Waals surface area contributed by atoms with Crippen LogP contribution in [0.1, 0.15) is 53.2 Å². The van der Waals surface area contributed by atoms with Crippen molar-refractivity contribution in [1.82, 2.24) is 14.8 Å². The quantitative estimate of drug-likeness (QED) is 0.734. The number of benzene rings is 1. The number of carbonyl (C=O) groups is 2. The molecule has 1 aromatic carbocycles. The Morgan fingerprint density at radius 3 is 2.90 bits per heavy atom. The molecule has 0 unspecified atom stereocenters. The van der Waals surface area contributed by atoms with Gasteiger partial charge in [-0.3, -0.25) is 9.59 Å². The van der Waals surface area contributed by atoms with E-state index in [0.29, 0.717) is 54.8 Å². The Balaban J connectivity index is 1.23. The van der Waals surface area contributed by atoms with E-state index in [4.69, 9.17) is 4.74 Å². The molecule has 2 saturated heterocycles. The summed E-state index contributed by atoms with van der Waals surface area (Å²) in [5.41, 5.74) is 1.56. The first kappa shape index (κ1) is 19.5. The van der Waals surface area contributed by atoms with Crippen molar-refractivity contribution in [3.63, 3.8) is 0 Å². The van der Waals surface area contributed by atoms with Gasteiger partial charge < -0.3 is 14.5 Å². The first-order chi connectivity index (χ1) is 14.6. The minimum Gasteiger partial charge on any atom is -0.487 e. The fourth-order valence-electron chi connectivity index (χ4n) is 4.84. The van der Waals surface area contributed by atoms with E-state index in [-0.39, 0.29) is 5.91 Å². The second-order valence-corrected chi connectivity index (χ2v) is 9.67. The van der Waals surface area contributed by atoms with Crippen LogP contribution in [0.25, 0.3) is 0 Å². The number of fused-ring (bicyclic) bond motifs is 1. The molecular weight excluding hydrogens is 398 g/mol. The van der Waals surface area contributed by atoms with Gasteiger partial charge in [0.25, 0.3) is 5.91 Å². The molecule has 0 N–H and O–H groups in total. The maximum Gasteiger partial charge on any atom is 0.253 e. The predicted octanol–water partition coefficient (Wildman–Crippen LogP) is 3.65. The molecule has 5 rings (SSSR count). The molecule has 3 aliphatic rings. The van der Waals surface area contributed by atoms with E-state index in [0.717, 1.165) is 42.9 Å². The second-order valence-electron chi connectivity index (χ2n) is 8.61. The fraction of sp³-hybridized carbons (Fsp3) is 0.522. The molecule has 30 heavy (non-hydrogen) atoms. The molecule has 2 amide bonds. The summed E-state index contributed by atoms with van der Waals surface area (Å²) < 4.78 is 5.86. The number of hydrogen-bond acceptors (Lipinski definition) is 5. The number of nitrogens with zero attached hydrogens (tertiary/aromatic N) is 3. The third kappa shape index (κ3) is 3.95. The number of aryl methyl sites for hydroxylation is 1. The van der Waals surface area contributed by atoms with Gasteiger partial charge in [-0.25, -0.2) is 4.98 Å². The van der Waals surface area contributed by atoms with Crippen LogP contribution >= 0.6 is 11.3 Å². The van der Waals surface area contributed by atoms with Gasteiger partial charge in [-0.15, -0.1) is 11.3 Å². The van der Waals surface area contributed by atoms with Crippen LogP contribution in [0.3, 0.4) is 0 Å². The van der Waals surface area contributed by atoms with Gasteiger partial charge in [-0.2, -0.15) is 0 Å². The van der Waals surface area contributed by atoms with E-state index >= 15 is 0 Å². The molecule has 158 valence electrons. The summed E-state index contributed by atoms with van der Waals surface area (Å²) in [5, 5.41) is 3.01. The smallest absolute Gasteiger partial charge is 0.253 e. The number of rotatable bonds is 5. The van der Waals surface area contributed by atoms with Gasteiger partial charge in [0.15, 0.2) is 0 Å². The molecule has 2 aromatic rings. The van der Waals surface area contributed by atoms with Crippen LogP contribution in [-0.2, 0) is 11.4 Å². The molecule has 1 aromatic heterocycles. The van der Waals surface area contributed by atoms with E-state index in [2.05, 4.69) is 9.88 Å². The number of piperidine rings is 2. The Kier molecular flexibility index (Phi) is 5.23. The highest BCUT2D eigenvalue weighted by molar-refractivity contribution is 7.09. The average molecular weight is 426 g/mol. The van der Waals surface area contributed by atoms with Gasteiger partial charge >= 0.3 is 0 Å². The molecule has 2 atom stereocenters. The highest BCUT2D eigenvalue weighted by Gasteiger charge is 2.45. The number of thiazole rings is 1. The zero-order valence-electron chi connectivity index (χ0n) is 17.3. The first-order valence-electron chi connectivity index (χ1n) is 10.8. The Bertz CT molecular complexity index is 955. The van der Waals surface area contributed by atoms with E-state index < -0.39 is 0 Å². The molecule has 2 aliphatic heterocycles. The van der Waals surface area contributed by atoms with Gasteiger partial charge in [0.1, 0.15) is 12.4 Å². The number of amides is 2. The van der Waals surface area contributed by atoms with Gasteiger partial charge in [0, 0.05) is 42.5 Å². The van der Waals surface area contributed by atoms with Crippen molar-refractivity contribution >= 4 is 23.2 Å². The fourth-order valence-corrected chi connectivity index (χ4v) is 5.43. The third-order valence-corrected chi connectivity index (χ3v) is 7.25. The minimum absolute atomic E-state index is 0.0540. The van der Waals surface area contributed by atoms with E-state index in [1.807, 2.05) is 41.5 Å². The lowest BCUT2D eigenvalue weighted by Gasteiger charge is -2.47. The molecule has 0 radical (unpaired) electrons. The zero-order chi connectivity index (χ0) is 20.7. The first-order valence-corrected chi connectivity index (χ1v) is 11.7. The molecule has 3 fully saturated rings. The summed E-state index contributed by atoms with van der Waals surface area (Å²) in [7, 11) is 0. The van der Waals surface area contributed by atoms with Crippen molar-refractivity contribution in [2.45, 2.75) is 57.7 Å². The second kappa shape index (κ2) is 8.02. The largest absolute Gasteiger partial charge is 0.487 e. The Labute approximate surface area is 180 Å². The number of aromatic nitrogens is 1. The van der Waals surface area contributed by atoms with Gasteiger partial charge in [0.05, 0.1) is 10.7 Å². The van der Waals surface area contributed by atoms with Crippen LogP contribution in [-0.4, -0.2) is 51.8 Å². The maximum absolute atomic E-state index is 13.2. The van der Waals surface area contributed by atoms with Gasteiger partial charge in [0.2, 0.25) is 5.91 Å². The van der Waals surface area contributed by atoms with E-state index in [9.17, 15) is 9.59 Å². The van der Waals surface area contributed by atoms with Crippen molar-refractivity contribution in [3.8, 4) is 5.75 Å². The molecule has 6 nitrogen and oxygen atoms in total. The standard InChI is InChI=1S/C23H27N3O3S/c1-15-24-18(14-30-15)13-29-20-4-2-3-16(11-20)23(28)25-10-9-21-17(12-25)5-8-22(27)26(21)19-6-7-19/h2-4,11,14,17,19,21H,5-10,12-13H2,1H3/t17-,21-/m1/s1. The summed E-state index contributed by atoms with van der Waals surface area (Å²) in [6.45, 7) is 3.83. The maximum atomic E-state index is 13.2. The summed E-state index contributed by atoms with van der Waals surface area (Å²) in [6, 6.07) is 8.21. The third-order valence-electron chi connectivity index (χ3n) is 6.43. The highest BCUT2D eigenvalue weighted by atomic mass is 32.1. The van der Waals surface area contributed by atoms with Gasteiger partial charge in [-0.1, -0.05) is 6.07 Å². The lowest BCUT2D eigenvalue weighted by molar-refractivity contribution is -0.141. The molecule has 0 spiro atoms. The Morgan fingerprint density at radius 2 is 2.13 bits per heavy atom. The van der Waals surface area contributed by atoms with Crippen LogP contribution in [0.15, 0.2) is 29.6 Å². The van der Waals surface area contributed by atoms with Crippen LogP contribution in [0.2, 0.25) is 0 Å². The van der Waals surface area contributed by atoms with Crippen LogP contribution in [0.5, 0.6) is 5.75 Å². The predicted molar refractivity (Wildman–Crippen MR) is 115 cm³/mol. The number of hydrogen-bond donors (Lipinski definition) is 0. The molecule has 1 saturated carbocycles. The van der Waals surface area contributed by atoms with Crippen LogP contribution < -0.4 is 4.74 Å². The SMILES string of the molecule is Cc1nc(COc2cccc(C(=O)N3CC[C@@H]4[C@H](CCC(=O)N4C4CC4)C3)c2)cs1.